The van der Waals surface area contributed by atoms with Gasteiger partial charge in [-0.15, -0.1) is 0 Å². The molecule has 2 unspecified atom stereocenters. The van der Waals surface area contributed by atoms with Crippen molar-refractivity contribution in [2.75, 3.05) is 19.7 Å². The molecule has 3 fully saturated rings. The van der Waals surface area contributed by atoms with Crippen LogP contribution in [-0.4, -0.2) is 47.8 Å². The number of hydrogen-bond acceptors (Lipinski definition) is 3. The average molecular weight is 280 g/mol. The van der Waals surface area contributed by atoms with Gasteiger partial charge in [0.2, 0.25) is 0 Å². The first-order valence-corrected chi connectivity index (χ1v) is 8.82. The first-order chi connectivity index (χ1) is 9.71. The molecule has 2 atom stereocenters. The molecular weight excluding hydrogens is 248 g/mol. The van der Waals surface area contributed by atoms with Crippen molar-refractivity contribution in [3.8, 4) is 0 Å². The third-order valence-electron chi connectivity index (χ3n) is 6.25. The minimum absolute atomic E-state index is 0.128. The van der Waals surface area contributed by atoms with Crippen LogP contribution in [0.2, 0.25) is 0 Å². The van der Waals surface area contributed by atoms with Crippen molar-refractivity contribution >= 4 is 0 Å². The highest BCUT2D eigenvalue weighted by Gasteiger charge is 2.39. The molecule has 3 rings (SSSR count). The number of aliphatic hydroxyl groups excluding tert-OH is 1. The first-order valence-electron chi connectivity index (χ1n) is 8.82. The molecule has 3 aliphatic rings. The van der Waals surface area contributed by atoms with E-state index in [9.17, 15) is 5.11 Å². The van der Waals surface area contributed by atoms with Crippen LogP contribution < -0.4 is 5.32 Å². The third-order valence-corrected chi connectivity index (χ3v) is 6.25. The van der Waals surface area contributed by atoms with Gasteiger partial charge in [0.25, 0.3) is 0 Å². The molecule has 116 valence electrons. The van der Waals surface area contributed by atoms with E-state index in [2.05, 4.69) is 17.1 Å². The van der Waals surface area contributed by atoms with E-state index in [0.29, 0.717) is 18.7 Å². The molecule has 3 nitrogen and oxygen atoms in total. The van der Waals surface area contributed by atoms with Crippen LogP contribution in [0.4, 0.5) is 0 Å². The van der Waals surface area contributed by atoms with Crippen molar-refractivity contribution in [3.63, 3.8) is 0 Å². The van der Waals surface area contributed by atoms with Gasteiger partial charge in [0, 0.05) is 30.1 Å². The number of aliphatic hydroxyl groups is 1. The van der Waals surface area contributed by atoms with Gasteiger partial charge >= 0.3 is 0 Å². The second kappa shape index (κ2) is 6.33. The fraction of sp³-hybridized carbons (Fsp3) is 1.00. The molecule has 1 saturated heterocycles. The Labute approximate surface area is 124 Å². The molecule has 20 heavy (non-hydrogen) atoms. The van der Waals surface area contributed by atoms with Gasteiger partial charge in [-0.3, -0.25) is 0 Å². The number of rotatable bonds is 4. The minimum atomic E-state index is 0.128. The Bertz CT molecular complexity index is 308. The highest BCUT2D eigenvalue weighted by Crippen LogP contribution is 2.38. The van der Waals surface area contributed by atoms with E-state index in [0.717, 1.165) is 6.04 Å². The summed E-state index contributed by atoms with van der Waals surface area (Å²) < 4.78 is 0. The molecule has 0 aromatic carbocycles. The number of piperidine rings is 1. The summed E-state index contributed by atoms with van der Waals surface area (Å²) in [4.78, 5) is 2.74. The van der Waals surface area contributed by atoms with Gasteiger partial charge in [-0.2, -0.15) is 0 Å². The lowest BCUT2D eigenvalue weighted by Gasteiger charge is -2.39. The Balaban J connectivity index is 1.46. The largest absolute Gasteiger partial charge is 0.396 e. The van der Waals surface area contributed by atoms with E-state index in [1.165, 1.54) is 70.9 Å². The normalized spacial score (nSPS) is 37.8. The van der Waals surface area contributed by atoms with Crippen LogP contribution in [0.5, 0.6) is 0 Å². The zero-order valence-electron chi connectivity index (χ0n) is 13.1. The smallest absolute Gasteiger partial charge is 0.0499 e. The van der Waals surface area contributed by atoms with Crippen LogP contribution in [0, 0.1) is 5.41 Å². The maximum absolute atomic E-state index is 9.66. The van der Waals surface area contributed by atoms with Gasteiger partial charge in [0.05, 0.1) is 0 Å². The van der Waals surface area contributed by atoms with Crippen LogP contribution in [-0.2, 0) is 0 Å². The van der Waals surface area contributed by atoms with Gasteiger partial charge in [0.15, 0.2) is 0 Å². The Hall–Kier alpha value is -0.120. The Morgan fingerprint density at radius 1 is 1.05 bits per heavy atom. The molecule has 0 spiro atoms. The highest BCUT2D eigenvalue weighted by atomic mass is 16.3. The number of hydrogen-bond donors (Lipinski definition) is 2. The molecule has 0 bridgehead atoms. The summed E-state index contributed by atoms with van der Waals surface area (Å²) in [7, 11) is 0. The summed E-state index contributed by atoms with van der Waals surface area (Å²) in [5, 5.41) is 13.5. The predicted molar refractivity (Wildman–Crippen MR) is 82.8 cm³/mol. The van der Waals surface area contributed by atoms with Crippen LogP contribution in [0.1, 0.15) is 64.7 Å². The van der Waals surface area contributed by atoms with Gasteiger partial charge in [-0.05, 0) is 51.6 Å². The summed E-state index contributed by atoms with van der Waals surface area (Å²) in [5.74, 6) is 0. The second-order valence-corrected chi connectivity index (χ2v) is 7.67. The van der Waals surface area contributed by atoms with Crippen molar-refractivity contribution in [2.24, 2.45) is 5.41 Å². The van der Waals surface area contributed by atoms with Gasteiger partial charge in [0.1, 0.15) is 0 Å². The lowest BCUT2D eigenvalue weighted by molar-refractivity contribution is 0.0955. The fourth-order valence-electron chi connectivity index (χ4n) is 4.69. The minimum Gasteiger partial charge on any atom is -0.396 e. The molecule has 0 radical (unpaired) electrons. The van der Waals surface area contributed by atoms with Crippen molar-refractivity contribution in [1.29, 1.82) is 0 Å². The van der Waals surface area contributed by atoms with Gasteiger partial charge in [-0.1, -0.05) is 26.2 Å². The predicted octanol–water partition coefficient (Wildman–Crippen LogP) is 2.53. The van der Waals surface area contributed by atoms with Crippen LogP contribution in [0.15, 0.2) is 0 Å². The quantitative estimate of drug-likeness (QED) is 0.831. The molecule has 0 amide bonds. The van der Waals surface area contributed by atoms with Crippen molar-refractivity contribution in [1.82, 2.24) is 10.2 Å². The van der Waals surface area contributed by atoms with E-state index < -0.39 is 0 Å². The number of nitrogens with zero attached hydrogens (tertiary/aromatic N) is 1. The lowest BCUT2D eigenvalue weighted by atomic mass is 9.85. The fourth-order valence-corrected chi connectivity index (χ4v) is 4.69. The lowest BCUT2D eigenvalue weighted by Crippen LogP contribution is -2.51. The van der Waals surface area contributed by atoms with Crippen molar-refractivity contribution in [2.45, 2.75) is 82.8 Å². The third kappa shape index (κ3) is 3.05. The SMILES string of the molecule is CC1(CO)CCCC1NC1CCN(C2CCCC2)CC1. The molecule has 0 aromatic heterocycles. The van der Waals surface area contributed by atoms with Crippen LogP contribution in [0.3, 0.4) is 0 Å². The maximum atomic E-state index is 9.66. The second-order valence-electron chi connectivity index (χ2n) is 7.67. The van der Waals surface area contributed by atoms with Crippen LogP contribution >= 0.6 is 0 Å². The van der Waals surface area contributed by atoms with Gasteiger partial charge < -0.3 is 15.3 Å². The topological polar surface area (TPSA) is 35.5 Å². The van der Waals surface area contributed by atoms with Crippen molar-refractivity contribution in [3.05, 3.63) is 0 Å². The van der Waals surface area contributed by atoms with E-state index in [4.69, 9.17) is 0 Å². The Morgan fingerprint density at radius 3 is 2.40 bits per heavy atom. The molecular formula is C17H32N2O. The zero-order chi connectivity index (χ0) is 14.0. The standard InChI is InChI=1S/C17H32N2O/c1-17(13-20)10-4-7-16(17)18-14-8-11-19(12-9-14)15-5-2-3-6-15/h14-16,18,20H,2-13H2,1H3. The molecule has 0 aromatic rings. The van der Waals surface area contributed by atoms with Crippen molar-refractivity contribution < 1.29 is 5.11 Å². The summed E-state index contributed by atoms with van der Waals surface area (Å²) in [6.45, 7) is 5.16. The Kier molecular flexibility index (Phi) is 4.68. The van der Waals surface area contributed by atoms with E-state index in [1.54, 1.807) is 0 Å². The molecule has 1 heterocycles. The number of nitrogens with one attached hydrogen (secondary N) is 1. The van der Waals surface area contributed by atoms with Crippen LogP contribution in [0.25, 0.3) is 0 Å². The van der Waals surface area contributed by atoms with Gasteiger partial charge in [-0.25, -0.2) is 0 Å². The summed E-state index contributed by atoms with van der Waals surface area (Å²) in [5.41, 5.74) is 0.128. The highest BCUT2D eigenvalue weighted by molar-refractivity contribution is 4.95. The van der Waals surface area contributed by atoms with E-state index >= 15 is 0 Å². The monoisotopic (exact) mass is 280 g/mol. The zero-order valence-corrected chi connectivity index (χ0v) is 13.1. The molecule has 2 aliphatic carbocycles. The molecule has 2 N–H and O–H groups in total. The number of likely N-dealkylation sites (tertiary alicyclic amines) is 1. The van der Waals surface area contributed by atoms with E-state index in [-0.39, 0.29) is 5.41 Å². The average Bonchev–Trinajstić information content (AvgIpc) is 3.11. The first kappa shape index (κ1) is 14.8. The summed E-state index contributed by atoms with van der Waals surface area (Å²) in [6.07, 6.45) is 12.1. The summed E-state index contributed by atoms with van der Waals surface area (Å²) >= 11 is 0. The molecule has 2 saturated carbocycles. The molecule has 3 heteroatoms. The Morgan fingerprint density at radius 2 is 1.75 bits per heavy atom. The van der Waals surface area contributed by atoms with E-state index in [1.807, 2.05) is 0 Å². The summed E-state index contributed by atoms with van der Waals surface area (Å²) in [6, 6.07) is 2.11. The molecule has 1 aliphatic heterocycles. The maximum Gasteiger partial charge on any atom is 0.0499 e.